The van der Waals surface area contributed by atoms with Crippen LogP contribution in [0, 0.1) is 33.4 Å². The van der Waals surface area contributed by atoms with Gasteiger partial charge in [-0.2, -0.15) is 17.6 Å². The number of benzene rings is 2. The highest BCUT2D eigenvalue weighted by molar-refractivity contribution is 5.50. The van der Waals surface area contributed by atoms with Crippen molar-refractivity contribution in [3.05, 3.63) is 63.2 Å². The Bertz CT molecular complexity index is 797. The molecule has 2 aromatic carbocycles. The van der Waals surface area contributed by atoms with Gasteiger partial charge < -0.3 is 4.74 Å². The first kappa shape index (κ1) is 17.5. The number of nitrogens with zero attached hydrogens (tertiary/aromatic N) is 1. The number of nitro groups is 1. The van der Waals surface area contributed by atoms with Gasteiger partial charge in [0.15, 0.2) is 23.2 Å². The minimum absolute atomic E-state index is 0.151. The van der Waals surface area contributed by atoms with Crippen LogP contribution in [0.15, 0.2) is 24.3 Å². The molecule has 128 valence electrons. The Hall–Kier alpha value is -2.85. The molecule has 11 heteroatoms. The van der Waals surface area contributed by atoms with Gasteiger partial charge in [0.1, 0.15) is 0 Å². The van der Waals surface area contributed by atoms with E-state index < -0.39 is 57.1 Å². The molecule has 0 atom stereocenters. The number of hydrogen-bond acceptors (Lipinski definition) is 3. The van der Waals surface area contributed by atoms with Gasteiger partial charge in [-0.15, -0.1) is 0 Å². The van der Waals surface area contributed by atoms with E-state index in [4.69, 9.17) is 0 Å². The zero-order valence-corrected chi connectivity index (χ0v) is 11.1. The van der Waals surface area contributed by atoms with Gasteiger partial charge in [-0.3, -0.25) is 10.1 Å². The molecule has 0 heterocycles. The van der Waals surface area contributed by atoms with Crippen molar-refractivity contribution < 1.29 is 40.4 Å². The van der Waals surface area contributed by atoms with Crippen LogP contribution in [-0.4, -0.2) is 4.92 Å². The van der Waals surface area contributed by atoms with Crippen molar-refractivity contribution in [2.24, 2.45) is 0 Å². The number of hydrogen-bond donors (Lipinski definition) is 0. The lowest BCUT2D eigenvalue weighted by Gasteiger charge is -2.12. The Labute approximate surface area is 128 Å². The fraction of sp³-hybridized carbons (Fsp3) is 0.0769. The summed E-state index contributed by atoms with van der Waals surface area (Å²) < 4.78 is 95.6. The molecule has 2 aromatic rings. The zero-order valence-electron chi connectivity index (χ0n) is 11.1. The largest absolute Gasteiger partial charge is 0.441 e. The molecule has 0 saturated heterocycles. The van der Waals surface area contributed by atoms with Gasteiger partial charge >= 0.3 is 11.9 Å². The third-order valence-corrected chi connectivity index (χ3v) is 2.76. The average molecular weight is 355 g/mol. The van der Waals surface area contributed by atoms with Crippen molar-refractivity contribution in [3.63, 3.8) is 0 Å². The summed E-state index contributed by atoms with van der Waals surface area (Å²) in [5.74, 6) is -10.4. The molecule has 4 nitrogen and oxygen atoms in total. The predicted molar refractivity (Wildman–Crippen MR) is 64.4 cm³/mol. The van der Waals surface area contributed by atoms with Crippen LogP contribution >= 0.6 is 0 Å². The lowest BCUT2D eigenvalue weighted by molar-refractivity contribution is -0.385. The molecule has 0 aliphatic carbocycles. The highest BCUT2D eigenvalue weighted by atomic mass is 19.4. The summed E-state index contributed by atoms with van der Waals surface area (Å²) in [6, 6.07) is 0.538. The van der Waals surface area contributed by atoms with E-state index in [2.05, 4.69) is 4.74 Å². The highest BCUT2D eigenvalue weighted by Gasteiger charge is 2.34. The molecule has 0 amide bonds. The van der Waals surface area contributed by atoms with E-state index in [1.165, 1.54) is 0 Å². The maximum absolute atomic E-state index is 13.6. The second-order valence-electron chi connectivity index (χ2n) is 4.34. The summed E-state index contributed by atoms with van der Waals surface area (Å²) in [6.45, 7) is 0. The molecule has 0 fully saturated rings. The Morgan fingerprint density at radius 3 is 1.92 bits per heavy atom. The molecule has 0 radical (unpaired) electrons. The van der Waals surface area contributed by atoms with Gasteiger partial charge in [-0.05, 0) is 18.2 Å². The van der Waals surface area contributed by atoms with E-state index in [0.29, 0.717) is 12.1 Å². The van der Waals surface area contributed by atoms with Gasteiger partial charge in [0.25, 0.3) is 0 Å². The molecular weight excluding hydrogens is 351 g/mol. The molecule has 0 unspecified atom stereocenters. The number of ether oxygens (including phenoxy) is 1. The molecule has 24 heavy (non-hydrogen) atoms. The normalized spacial score (nSPS) is 11.5. The fourth-order valence-electron chi connectivity index (χ4n) is 1.69. The smallest absolute Gasteiger partial charge is 0.416 e. The van der Waals surface area contributed by atoms with Crippen LogP contribution in [0.5, 0.6) is 11.5 Å². The first-order valence-electron chi connectivity index (χ1n) is 5.89. The van der Waals surface area contributed by atoms with Crippen LogP contribution in [0.2, 0.25) is 0 Å². The topological polar surface area (TPSA) is 52.4 Å². The van der Waals surface area contributed by atoms with E-state index in [-0.39, 0.29) is 12.1 Å². The second kappa shape index (κ2) is 5.98. The van der Waals surface area contributed by atoms with Crippen LogP contribution in [0.1, 0.15) is 5.56 Å². The summed E-state index contributed by atoms with van der Waals surface area (Å²) in [6.07, 6.45) is -5.07. The molecule has 0 aliphatic rings. The van der Waals surface area contributed by atoms with Gasteiger partial charge in [-0.1, -0.05) is 0 Å². The fourth-order valence-corrected chi connectivity index (χ4v) is 1.69. The summed E-state index contributed by atoms with van der Waals surface area (Å²) >= 11 is 0. The van der Waals surface area contributed by atoms with Crippen LogP contribution in [-0.2, 0) is 6.18 Å². The lowest BCUT2D eigenvalue weighted by Crippen LogP contribution is -2.08. The minimum atomic E-state index is -5.07. The molecule has 0 bridgehead atoms. The number of halogens is 7. The van der Waals surface area contributed by atoms with E-state index >= 15 is 0 Å². The van der Waals surface area contributed by atoms with E-state index in [9.17, 15) is 40.8 Å². The van der Waals surface area contributed by atoms with E-state index in [1.807, 2.05) is 0 Å². The molecule has 0 N–H and O–H groups in total. The Morgan fingerprint density at radius 1 is 0.917 bits per heavy atom. The monoisotopic (exact) mass is 355 g/mol. The van der Waals surface area contributed by atoms with Crippen molar-refractivity contribution in [1.29, 1.82) is 0 Å². The first-order chi connectivity index (χ1) is 11.0. The summed E-state index contributed by atoms with van der Waals surface area (Å²) in [7, 11) is 0. The van der Waals surface area contributed by atoms with E-state index in [0.717, 1.165) is 0 Å². The second-order valence-corrected chi connectivity index (χ2v) is 4.34. The molecule has 0 aromatic heterocycles. The van der Waals surface area contributed by atoms with Gasteiger partial charge in [0.2, 0.25) is 11.6 Å². The van der Waals surface area contributed by atoms with Crippen molar-refractivity contribution in [2.75, 3.05) is 0 Å². The number of alkyl halides is 3. The molecule has 0 aliphatic heterocycles. The standard InChI is InChI=1S/C13H4F7NO3/c14-6-1-2-9(21(22)23)12(10(6)17)24-11-7(15)3-5(4-8(11)16)13(18,19)20/h1-4H. The summed E-state index contributed by atoms with van der Waals surface area (Å²) in [5.41, 5.74) is -2.87. The van der Waals surface area contributed by atoms with Crippen molar-refractivity contribution in [1.82, 2.24) is 0 Å². The maximum Gasteiger partial charge on any atom is 0.416 e. The van der Waals surface area contributed by atoms with Crippen molar-refractivity contribution in [3.8, 4) is 11.5 Å². The summed E-state index contributed by atoms with van der Waals surface area (Å²) in [4.78, 5) is 9.51. The van der Waals surface area contributed by atoms with Crippen molar-refractivity contribution in [2.45, 2.75) is 6.18 Å². The molecule has 2 rings (SSSR count). The van der Waals surface area contributed by atoms with Crippen LogP contribution < -0.4 is 4.74 Å². The van der Waals surface area contributed by atoms with Crippen molar-refractivity contribution >= 4 is 5.69 Å². The molecule has 0 saturated carbocycles. The maximum atomic E-state index is 13.6. The van der Waals surface area contributed by atoms with E-state index in [1.54, 1.807) is 0 Å². The van der Waals surface area contributed by atoms with Gasteiger partial charge in [0, 0.05) is 6.07 Å². The molecule has 0 spiro atoms. The number of nitro benzene ring substituents is 1. The highest BCUT2D eigenvalue weighted by Crippen LogP contribution is 2.39. The quantitative estimate of drug-likeness (QED) is 0.444. The van der Waals surface area contributed by atoms with Gasteiger partial charge in [-0.25, -0.2) is 13.2 Å². The SMILES string of the molecule is O=[N+]([O-])c1ccc(F)c(F)c1Oc1c(F)cc(C(F)(F)F)cc1F. The third-order valence-electron chi connectivity index (χ3n) is 2.76. The summed E-state index contributed by atoms with van der Waals surface area (Å²) in [5, 5.41) is 10.7. The van der Waals surface area contributed by atoms with Crippen LogP contribution in [0.4, 0.5) is 36.4 Å². The van der Waals surface area contributed by atoms with Gasteiger partial charge in [0.05, 0.1) is 10.5 Å². The minimum Gasteiger partial charge on any atom is -0.441 e. The van der Waals surface area contributed by atoms with Crippen LogP contribution in [0.3, 0.4) is 0 Å². The Morgan fingerprint density at radius 2 is 1.46 bits per heavy atom. The average Bonchev–Trinajstić information content (AvgIpc) is 2.45. The Balaban J connectivity index is 2.57. The third kappa shape index (κ3) is 3.24. The van der Waals surface area contributed by atoms with Crippen LogP contribution in [0.25, 0.3) is 0 Å². The zero-order chi connectivity index (χ0) is 18.2. The molecular formula is C13H4F7NO3. The predicted octanol–water partition coefficient (Wildman–Crippen LogP) is 4.96. The lowest BCUT2D eigenvalue weighted by atomic mass is 10.2. The Kier molecular flexibility index (Phi) is 4.36. The first-order valence-corrected chi connectivity index (χ1v) is 5.89. The number of rotatable bonds is 3.